The normalized spacial score (nSPS) is 20.8. The lowest BCUT2D eigenvalue weighted by Gasteiger charge is -2.43. The van der Waals surface area contributed by atoms with Gasteiger partial charge in [-0.05, 0) is 19.0 Å². The summed E-state index contributed by atoms with van der Waals surface area (Å²) in [4.78, 5) is 15.4. The van der Waals surface area contributed by atoms with Gasteiger partial charge in [0.15, 0.2) is 0 Å². The number of hydrogen-bond donors (Lipinski definition) is 0. The average molecular weight is 263 g/mol. The number of piperazine rings is 1. The van der Waals surface area contributed by atoms with Crippen molar-refractivity contribution in [1.82, 2.24) is 4.90 Å². The van der Waals surface area contributed by atoms with Gasteiger partial charge in [0, 0.05) is 31.7 Å². The van der Waals surface area contributed by atoms with Crippen LogP contribution in [0.25, 0.3) is 0 Å². The van der Waals surface area contributed by atoms with E-state index in [0.29, 0.717) is 12.0 Å². The molecule has 2 rings (SSSR count). The first kappa shape index (κ1) is 13.8. The molecule has 104 valence electrons. The van der Waals surface area contributed by atoms with Gasteiger partial charge in [-0.3, -0.25) is 10.1 Å². The zero-order valence-corrected chi connectivity index (χ0v) is 11.7. The lowest BCUT2D eigenvalue weighted by atomic mass is 9.98. The van der Waals surface area contributed by atoms with Crippen LogP contribution in [0.3, 0.4) is 0 Å². The molecule has 5 nitrogen and oxygen atoms in total. The van der Waals surface area contributed by atoms with Crippen molar-refractivity contribution >= 4 is 11.4 Å². The first-order valence-corrected chi connectivity index (χ1v) is 6.69. The van der Waals surface area contributed by atoms with Crippen molar-refractivity contribution in [3.63, 3.8) is 0 Å². The molecule has 1 aromatic carbocycles. The summed E-state index contributed by atoms with van der Waals surface area (Å²) in [6.07, 6.45) is 0. The van der Waals surface area contributed by atoms with E-state index in [0.717, 1.165) is 25.3 Å². The van der Waals surface area contributed by atoms with Crippen molar-refractivity contribution in [2.45, 2.75) is 19.9 Å². The van der Waals surface area contributed by atoms with Gasteiger partial charge < -0.3 is 9.80 Å². The molecule has 0 bridgehead atoms. The van der Waals surface area contributed by atoms with E-state index in [1.807, 2.05) is 12.1 Å². The van der Waals surface area contributed by atoms with Crippen molar-refractivity contribution in [1.29, 1.82) is 0 Å². The number of benzene rings is 1. The predicted octanol–water partition coefficient (Wildman–Crippen LogP) is 2.37. The van der Waals surface area contributed by atoms with Crippen molar-refractivity contribution < 1.29 is 4.92 Å². The third-order valence-corrected chi connectivity index (χ3v) is 3.78. The van der Waals surface area contributed by atoms with E-state index in [-0.39, 0.29) is 10.6 Å². The molecular formula is C14H21N3O2. The highest BCUT2D eigenvalue weighted by atomic mass is 16.6. The van der Waals surface area contributed by atoms with Crippen molar-refractivity contribution in [2.75, 3.05) is 31.6 Å². The Balaban J connectivity index is 2.36. The minimum Gasteiger partial charge on any atom is -0.360 e. The van der Waals surface area contributed by atoms with Crippen molar-refractivity contribution in [2.24, 2.45) is 5.92 Å². The summed E-state index contributed by atoms with van der Waals surface area (Å²) in [6, 6.07) is 7.36. The Morgan fingerprint density at radius 3 is 2.63 bits per heavy atom. The van der Waals surface area contributed by atoms with E-state index < -0.39 is 0 Å². The molecule has 1 saturated heterocycles. The number of rotatable bonds is 3. The van der Waals surface area contributed by atoms with Gasteiger partial charge in [0.1, 0.15) is 5.69 Å². The second-order valence-corrected chi connectivity index (χ2v) is 5.51. The Kier molecular flexibility index (Phi) is 4.04. The van der Waals surface area contributed by atoms with E-state index in [1.165, 1.54) is 0 Å². The van der Waals surface area contributed by atoms with Crippen LogP contribution < -0.4 is 4.90 Å². The SMILES string of the molecule is CC(C)C1CN(C)CCN1c1ccccc1[N+](=O)[O-]. The van der Waals surface area contributed by atoms with E-state index in [1.54, 1.807) is 12.1 Å². The summed E-state index contributed by atoms with van der Waals surface area (Å²) in [5, 5.41) is 11.2. The highest BCUT2D eigenvalue weighted by molar-refractivity contribution is 5.64. The summed E-state index contributed by atoms with van der Waals surface area (Å²) in [6.45, 7) is 7.07. The molecule has 0 radical (unpaired) electrons. The second-order valence-electron chi connectivity index (χ2n) is 5.51. The van der Waals surface area contributed by atoms with Crippen LogP contribution in [-0.2, 0) is 0 Å². The van der Waals surface area contributed by atoms with Gasteiger partial charge in [-0.25, -0.2) is 0 Å². The van der Waals surface area contributed by atoms with Crippen LogP contribution in [0.4, 0.5) is 11.4 Å². The minimum absolute atomic E-state index is 0.206. The maximum Gasteiger partial charge on any atom is 0.292 e. The number of anilines is 1. The van der Waals surface area contributed by atoms with Crippen LogP contribution in [0.5, 0.6) is 0 Å². The van der Waals surface area contributed by atoms with Crippen molar-refractivity contribution in [3.05, 3.63) is 34.4 Å². The topological polar surface area (TPSA) is 49.6 Å². The summed E-state index contributed by atoms with van der Waals surface area (Å²) < 4.78 is 0. The molecule has 0 spiro atoms. The molecule has 1 aromatic rings. The smallest absolute Gasteiger partial charge is 0.292 e. The monoisotopic (exact) mass is 263 g/mol. The fraction of sp³-hybridized carbons (Fsp3) is 0.571. The fourth-order valence-electron chi connectivity index (χ4n) is 2.68. The zero-order valence-electron chi connectivity index (χ0n) is 11.7. The van der Waals surface area contributed by atoms with Gasteiger partial charge in [-0.2, -0.15) is 0 Å². The van der Waals surface area contributed by atoms with E-state index in [2.05, 4.69) is 30.7 Å². The fourth-order valence-corrected chi connectivity index (χ4v) is 2.68. The maximum atomic E-state index is 11.2. The number of nitro groups is 1. The Hall–Kier alpha value is -1.62. The average Bonchev–Trinajstić information content (AvgIpc) is 2.38. The van der Waals surface area contributed by atoms with Gasteiger partial charge in [0.05, 0.1) is 4.92 Å². The highest BCUT2D eigenvalue weighted by Gasteiger charge is 2.31. The zero-order chi connectivity index (χ0) is 14.0. The van der Waals surface area contributed by atoms with Crippen LogP contribution in [-0.4, -0.2) is 42.5 Å². The van der Waals surface area contributed by atoms with Crippen LogP contribution in [0, 0.1) is 16.0 Å². The number of hydrogen-bond acceptors (Lipinski definition) is 4. The second kappa shape index (κ2) is 5.57. The Morgan fingerprint density at radius 2 is 2.00 bits per heavy atom. The minimum atomic E-state index is -0.287. The Labute approximate surface area is 114 Å². The summed E-state index contributed by atoms with van der Waals surface area (Å²) in [7, 11) is 2.10. The number of nitro benzene ring substituents is 1. The largest absolute Gasteiger partial charge is 0.360 e. The Bertz CT molecular complexity index is 462. The van der Waals surface area contributed by atoms with E-state index >= 15 is 0 Å². The number of nitrogens with zero attached hydrogens (tertiary/aromatic N) is 3. The first-order valence-electron chi connectivity index (χ1n) is 6.69. The maximum absolute atomic E-state index is 11.2. The van der Waals surface area contributed by atoms with E-state index in [4.69, 9.17) is 0 Å². The van der Waals surface area contributed by atoms with Crippen LogP contribution in [0.1, 0.15) is 13.8 Å². The molecule has 0 saturated carbocycles. The third kappa shape index (κ3) is 2.87. The molecule has 1 aliphatic rings. The van der Waals surface area contributed by atoms with Crippen LogP contribution >= 0.6 is 0 Å². The lowest BCUT2D eigenvalue weighted by molar-refractivity contribution is -0.384. The molecule has 1 aliphatic heterocycles. The molecule has 0 N–H and O–H groups in total. The molecule has 1 atom stereocenters. The lowest BCUT2D eigenvalue weighted by Crippen LogP contribution is -2.54. The molecule has 0 aromatic heterocycles. The molecule has 19 heavy (non-hydrogen) atoms. The van der Waals surface area contributed by atoms with Gasteiger partial charge >= 0.3 is 0 Å². The van der Waals surface area contributed by atoms with Gasteiger partial charge in [-0.1, -0.05) is 26.0 Å². The summed E-state index contributed by atoms with van der Waals surface area (Å²) in [5.41, 5.74) is 0.956. The van der Waals surface area contributed by atoms with Crippen molar-refractivity contribution in [3.8, 4) is 0 Å². The molecule has 1 fully saturated rings. The molecular weight excluding hydrogens is 242 g/mol. The first-order chi connectivity index (χ1) is 9.00. The molecule has 1 heterocycles. The van der Waals surface area contributed by atoms with E-state index in [9.17, 15) is 10.1 Å². The van der Waals surface area contributed by atoms with Crippen LogP contribution in [0.15, 0.2) is 24.3 Å². The molecule has 5 heteroatoms. The predicted molar refractivity (Wildman–Crippen MR) is 76.6 cm³/mol. The summed E-state index contributed by atoms with van der Waals surface area (Å²) in [5.74, 6) is 0.461. The molecule has 1 unspecified atom stereocenters. The summed E-state index contributed by atoms with van der Waals surface area (Å²) >= 11 is 0. The molecule has 0 aliphatic carbocycles. The van der Waals surface area contributed by atoms with Gasteiger partial charge in [-0.15, -0.1) is 0 Å². The molecule has 0 amide bonds. The highest BCUT2D eigenvalue weighted by Crippen LogP contribution is 2.32. The third-order valence-electron chi connectivity index (χ3n) is 3.78. The van der Waals surface area contributed by atoms with Gasteiger partial charge in [0.2, 0.25) is 0 Å². The standard InChI is InChI=1S/C14H21N3O2/c1-11(2)14-10-15(3)8-9-16(14)12-6-4-5-7-13(12)17(18)19/h4-7,11,14H,8-10H2,1-3H3. The van der Waals surface area contributed by atoms with Gasteiger partial charge in [0.25, 0.3) is 5.69 Å². The number of para-hydroxylation sites is 2. The number of likely N-dealkylation sites (N-methyl/N-ethyl adjacent to an activating group) is 1. The Morgan fingerprint density at radius 1 is 1.32 bits per heavy atom. The van der Waals surface area contributed by atoms with Crippen LogP contribution in [0.2, 0.25) is 0 Å². The quantitative estimate of drug-likeness (QED) is 0.620.